The molecule has 3 nitrogen and oxygen atoms in total. The first-order valence-electron chi connectivity index (χ1n) is 7.39. The van der Waals surface area contributed by atoms with Crippen molar-refractivity contribution in [3.8, 4) is 0 Å². The van der Waals surface area contributed by atoms with Crippen molar-refractivity contribution >= 4 is 11.7 Å². The second-order valence-corrected chi connectivity index (χ2v) is 5.53. The van der Waals surface area contributed by atoms with Crippen LogP contribution in [0.15, 0.2) is 48.5 Å². The van der Waals surface area contributed by atoms with E-state index in [1.54, 1.807) is 37.3 Å². The monoisotopic (exact) mass is 376 g/mol. The van der Waals surface area contributed by atoms with Gasteiger partial charge in [0.1, 0.15) is 0 Å². The second kappa shape index (κ2) is 7.27. The molecule has 0 spiro atoms. The Balaban J connectivity index is 2.21. The van der Waals surface area contributed by atoms with Crippen LogP contribution in [0.3, 0.4) is 0 Å². The van der Waals surface area contributed by atoms with Crippen molar-refractivity contribution in [1.82, 2.24) is 5.32 Å². The number of hydrogen-bond donors (Lipinski definition) is 2. The summed E-state index contributed by atoms with van der Waals surface area (Å²) < 4.78 is 76.9. The van der Waals surface area contributed by atoms with E-state index >= 15 is 0 Å². The number of anilines is 1. The highest BCUT2D eigenvalue weighted by Gasteiger charge is 2.37. The molecule has 140 valence electrons. The average Bonchev–Trinajstić information content (AvgIpc) is 2.53. The number of urea groups is 1. The largest absolute Gasteiger partial charge is 0.416 e. The molecule has 2 aromatic carbocycles. The number of carbonyl (C=O) groups excluding carboxylic acids is 1. The summed E-state index contributed by atoms with van der Waals surface area (Å²) in [6.45, 7) is 1.63. The van der Waals surface area contributed by atoms with E-state index in [1.165, 1.54) is 0 Å². The van der Waals surface area contributed by atoms with Gasteiger partial charge in [-0.2, -0.15) is 26.3 Å². The molecule has 2 rings (SSSR count). The highest BCUT2D eigenvalue weighted by Crippen LogP contribution is 2.37. The number of benzene rings is 2. The lowest BCUT2D eigenvalue weighted by Crippen LogP contribution is -2.31. The molecule has 0 saturated carbocycles. The van der Waals surface area contributed by atoms with Crippen molar-refractivity contribution in [2.45, 2.75) is 25.3 Å². The van der Waals surface area contributed by atoms with Crippen LogP contribution in [0.1, 0.15) is 29.7 Å². The highest BCUT2D eigenvalue weighted by molar-refractivity contribution is 5.89. The first-order valence-corrected chi connectivity index (χ1v) is 7.39. The maximum atomic E-state index is 12.8. The standard InChI is InChI=1S/C17H14F6N2O/c1-10(11-5-3-2-4-6-11)24-15(26)25-14-8-12(16(18,19)20)7-13(9-14)17(21,22)23/h2-10H,1H3,(H2,24,25,26)/t10-/m0/s1. The van der Waals surface area contributed by atoms with Crippen LogP contribution < -0.4 is 10.6 Å². The molecule has 2 amide bonds. The molecular formula is C17H14F6N2O. The molecule has 0 fully saturated rings. The van der Waals surface area contributed by atoms with E-state index in [4.69, 9.17) is 0 Å². The number of hydrogen-bond acceptors (Lipinski definition) is 1. The Morgan fingerprint density at radius 1 is 0.885 bits per heavy atom. The van der Waals surface area contributed by atoms with E-state index in [2.05, 4.69) is 5.32 Å². The van der Waals surface area contributed by atoms with Gasteiger partial charge in [-0.05, 0) is 30.7 Å². The topological polar surface area (TPSA) is 41.1 Å². The Morgan fingerprint density at radius 3 is 1.85 bits per heavy atom. The van der Waals surface area contributed by atoms with E-state index < -0.39 is 41.2 Å². The highest BCUT2D eigenvalue weighted by atomic mass is 19.4. The smallest absolute Gasteiger partial charge is 0.331 e. The summed E-state index contributed by atoms with van der Waals surface area (Å²) in [6, 6.07) is 8.13. The molecule has 0 aliphatic carbocycles. The van der Waals surface area contributed by atoms with Crippen molar-refractivity contribution in [3.63, 3.8) is 0 Å². The molecule has 2 N–H and O–H groups in total. The van der Waals surface area contributed by atoms with Crippen LogP contribution in [0, 0.1) is 0 Å². The minimum absolute atomic E-state index is 0.00429. The van der Waals surface area contributed by atoms with Gasteiger partial charge in [-0.15, -0.1) is 0 Å². The Morgan fingerprint density at radius 2 is 1.38 bits per heavy atom. The predicted molar refractivity (Wildman–Crippen MR) is 83.5 cm³/mol. The lowest BCUT2D eigenvalue weighted by Gasteiger charge is -2.17. The number of amides is 2. The van der Waals surface area contributed by atoms with Crippen LogP contribution in [0.25, 0.3) is 0 Å². The van der Waals surface area contributed by atoms with Crippen molar-refractivity contribution < 1.29 is 31.1 Å². The summed E-state index contributed by atoms with van der Waals surface area (Å²) in [7, 11) is 0. The van der Waals surface area contributed by atoms with Gasteiger partial charge < -0.3 is 10.6 Å². The quantitative estimate of drug-likeness (QED) is 0.672. The van der Waals surface area contributed by atoms with Gasteiger partial charge in [0, 0.05) is 5.69 Å². The zero-order valence-electron chi connectivity index (χ0n) is 13.4. The summed E-state index contributed by atoms with van der Waals surface area (Å²) in [5.41, 5.74) is -2.88. The SMILES string of the molecule is C[C@H](NC(=O)Nc1cc(C(F)(F)F)cc(C(F)(F)F)c1)c1ccccc1. The molecular weight excluding hydrogens is 362 g/mol. The predicted octanol–water partition coefficient (Wildman–Crippen LogP) is 5.61. The average molecular weight is 376 g/mol. The van der Waals surface area contributed by atoms with E-state index in [-0.39, 0.29) is 6.07 Å². The van der Waals surface area contributed by atoms with Crippen LogP contribution in [0.5, 0.6) is 0 Å². The zero-order chi connectivity index (χ0) is 19.5. The normalized spacial score (nSPS) is 13.2. The van der Waals surface area contributed by atoms with Crippen LogP contribution in [-0.4, -0.2) is 6.03 Å². The maximum absolute atomic E-state index is 12.8. The van der Waals surface area contributed by atoms with Gasteiger partial charge in [-0.3, -0.25) is 0 Å². The molecule has 2 aromatic rings. The molecule has 0 heterocycles. The van der Waals surface area contributed by atoms with Crippen LogP contribution in [0.4, 0.5) is 36.8 Å². The van der Waals surface area contributed by atoms with Gasteiger partial charge >= 0.3 is 18.4 Å². The Hall–Kier alpha value is -2.71. The minimum atomic E-state index is -4.98. The molecule has 0 radical (unpaired) electrons. The van der Waals surface area contributed by atoms with Crippen molar-refractivity contribution in [1.29, 1.82) is 0 Å². The summed E-state index contributed by atoms with van der Waals surface area (Å²) in [4.78, 5) is 11.9. The summed E-state index contributed by atoms with van der Waals surface area (Å²) in [6.07, 6.45) is -9.96. The molecule has 0 saturated heterocycles. The lowest BCUT2D eigenvalue weighted by molar-refractivity contribution is -0.143. The molecule has 9 heteroatoms. The van der Waals surface area contributed by atoms with E-state index in [0.717, 1.165) is 5.56 Å². The van der Waals surface area contributed by atoms with Gasteiger partial charge in [-0.1, -0.05) is 30.3 Å². The minimum Gasteiger partial charge on any atom is -0.331 e. The van der Waals surface area contributed by atoms with Crippen molar-refractivity contribution in [2.75, 3.05) is 5.32 Å². The van der Waals surface area contributed by atoms with Gasteiger partial charge in [0.2, 0.25) is 0 Å². The lowest BCUT2D eigenvalue weighted by atomic mass is 10.1. The molecule has 0 unspecified atom stereocenters. The summed E-state index contributed by atoms with van der Waals surface area (Å²) in [5, 5.41) is 4.47. The summed E-state index contributed by atoms with van der Waals surface area (Å²) >= 11 is 0. The van der Waals surface area contributed by atoms with Gasteiger partial charge in [0.05, 0.1) is 17.2 Å². The Bertz CT molecular complexity index is 739. The molecule has 0 aromatic heterocycles. The van der Waals surface area contributed by atoms with E-state index in [9.17, 15) is 31.1 Å². The van der Waals surface area contributed by atoms with Crippen LogP contribution >= 0.6 is 0 Å². The second-order valence-electron chi connectivity index (χ2n) is 5.53. The van der Waals surface area contributed by atoms with Crippen LogP contribution in [-0.2, 0) is 12.4 Å². The zero-order valence-corrected chi connectivity index (χ0v) is 13.4. The molecule has 26 heavy (non-hydrogen) atoms. The number of rotatable bonds is 3. The van der Waals surface area contributed by atoms with Crippen LogP contribution in [0.2, 0.25) is 0 Å². The number of alkyl halides is 6. The Labute approximate surface area is 145 Å². The van der Waals surface area contributed by atoms with Gasteiger partial charge in [0.15, 0.2) is 0 Å². The number of nitrogens with one attached hydrogen (secondary N) is 2. The van der Waals surface area contributed by atoms with Crippen molar-refractivity contribution in [3.05, 3.63) is 65.2 Å². The first-order chi connectivity index (χ1) is 12.0. The molecule has 0 aliphatic heterocycles. The summed E-state index contributed by atoms with van der Waals surface area (Å²) in [5.74, 6) is 0. The Kier molecular flexibility index (Phi) is 5.48. The molecule has 1 atom stereocenters. The molecule has 0 aliphatic rings. The van der Waals surface area contributed by atoms with Gasteiger partial charge in [0.25, 0.3) is 0 Å². The van der Waals surface area contributed by atoms with E-state index in [1.807, 2.05) is 5.32 Å². The first kappa shape index (κ1) is 19.6. The fourth-order valence-corrected chi connectivity index (χ4v) is 2.22. The third-order valence-corrected chi connectivity index (χ3v) is 3.49. The van der Waals surface area contributed by atoms with E-state index in [0.29, 0.717) is 12.1 Å². The van der Waals surface area contributed by atoms with Crippen molar-refractivity contribution in [2.24, 2.45) is 0 Å². The number of halogens is 6. The van der Waals surface area contributed by atoms with Gasteiger partial charge in [-0.25, -0.2) is 4.79 Å². The fourth-order valence-electron chi connectivity index (χ4n) is 2.22. The third kappa shape index (κ3) is 5.14. The fraction of sp³-hybridized carbons (Fsp3) is 0.235. The third-order valence-electron chi connectivity index (χ3n) is 3.49. The molecule has 0 bridgehead atoms. The maximum Gasteiger partial charge on any atom is 0.416 e. The number of carbonyl (C=O) groups is 1.